The molecule has 0 saturated heterocycles. The van der Waals surface area contributed by atoms with Gasteiger partial charge >= 0.3 is 0 Å². The molecule has 4 nitrogen and oxygen atoms in total. The van der Waals surface area contributed by atoms with Crippen LogP contribution in [0.4, 0.5) is 5.69 Å². The number of anilines is 1. The number of nitriles is 1. The summed E-state index contributed by atoms with van der Waals surface area (Å²) in [5, 5.41) is 12.7. The number of benzene rings is 2. The molecule has 1 amide bonds. The minimum absolute atomic E-state index is 0.104. The number of nitrogens with zero attached hydrogens (tertiary/aromatic N) is 1. The highest BCUT2D eigenvalue weighted by atomic mass is 35.5. The van der Waals surface area contributed by atoms with Crippen molar-refractivity contribution in [2.45, 2.75) is 0 Å². The van der Waals surface area contributed by atoms with E-state index in [1.165, 1.54) is 13.2 Å². The Bertz CT molecular complexity index is 857. The van der Waals surface area contributed by atoms with Crippen LogP contribution in [0.15, 0.2) is 42.0 Å². The van der Waals surface area contributed by atoms with Crippen LogP contribution in [-0.2, 0) is 4.79 Å². The van der Waals surface area contributed by atoms with Crippen LogP contribution in [0, 0.1) is 11.3 Å². The average Bonchev–Trinajstić information content (AvgIpc) is 2.57. The smallest absolute Gasteiger partial charge is 0.266 e. The Morgan fingerprint density at radius 2 is 1.96 bits per heavy atom. The lowest BCUT2D eigenvalue weighted by atomic mass is 10.1. The van der Waals surface area contributed by atoms with Crippen LogP contribution in [-0.4, -0.2) is 13.0 Å². The van der Waals surface area contributed by atoms with E-state index in [0.717, 1.165) is 0 Å². The Morgan fingerprint density at radius 3 is 2.58 bits per heavy atom. The SMILES string of the molecule is COc1ccc(/C=C(/C#N)C(=O)Nc2cccc(Cl)c2Cl)cc1Cl. The van der Waals surface area contributed by atoms with Crippen molar-refractivity contribution in [3.8, 4) is 11.8 Å². The summed E-state index contributed by atoms with van der Waals surface area (Å²) < 4.78 is 5.06. The number of carbonyl (C=O) groups excluding carboxylic acids is 1. The molecule has 2 aromatic rings. The van der Waals surface area contributed by atoms with Crippen LogP contribution in [0.2, 0.25) is 15.1 Å². The summed E-state index contributed by atoms with van der Waals surface area (Å²) in [5.41, 5.74) is 0.806. The van der Waals surface area contributed by atoms with Gasteiger partial charge in [0.25, 0.3) is 5.91 Å². The third kappa shape index (κ3) is 4.21. The van der Waals surface area contributed by atoms with Gasteiger partial charge < -0.3 is 10.1 Å². The number of halogens is 3. The molecule has 0 aromatic heterocycles. The van der Waals surface area contributed by atoms with E-state index in [0.29, 0.717) is 27.0 Å². The zero-order valence-corrected chi connectivity index (χ0v) is 14.7. The fraction of sp³-hybridized carbons (Fsp3) is 0.0588. The summed E-state index contributed by atoms with van der Waals surface area (Å²) >= 11 is 18.0. The number of hydrogen-bond acceptors (Lipinski definition) is 3. The van der Waals surface area contributed by atoms with Crippen molar-refractivity contribution in [1.29, 1.82) is 5.26 Å². The molecule has 0 aliphatic heterocycles. The van der Waals surface area contributed by atoms with Crippen molar-refractivity contribution >= 4 is 52.5 Å². The lowest BCUT2D eigenvalue weighted by Crippen LogP contribution is -2.13. The maximum atomic E-state index is 12.3. The third-order valence-electron chi connectivity index (χ3n) is 3.05. The number of ether oxygens (including phenoxy) is 1. The predicted octanol–water partition coefficient (Wildman–Crippen LogP) is 5.20. The molecular weight excluding hydrogens is 371 g/mol. The Hall–Kier alpha value is -2.19. The second kappa shape index (κ2) is 8.07. The second-order valence-corrected chi connectivity index (χ2v) is 5.81. The summed E-state index contributed by atoms with van der Waals surface area (Å²) in [4.78, 5) is 12.3. The van der Waals surface area contributed by atoms with Crippen LogP contribution >= 0.6 is 34.8 Å². The Balaban J connectivity index is 2.27. The molecule has 122 valence electrons. The molecule has 24 heavy (non-hydrogen) atoms. The number of carbonyl (C=O) groups is 1. The van der Waals surface area contributed by atoms with Gasteiger partial charge in [0.2, 0.25) is 0 Å². The van der Waals surface area contributed by atoms with Crippen molar-refractivity contribution in [1.82, 2.24) is 0 Å². The largest absolute Gasteiger partial charge is 0.495 e. The molecule has 0 saturated carbocycles. The van der Waals surface area contributed by atoms with E-state index in [1.54, 1.807) is 36.4 Å². The van der Waals surface area contributed by atoms with Crippen molar-refractivity contribution in [3.05, 3.63) is 62.6 Å². The van der Waals surface area contributed by atoms with Gasteiger partial charge in [-0.2, -0.15) is 5.26 Å². The summed E-state index contributed by atoms with van der Waals surface area (Å²) in [6, 6.07) is 11.6. The average molecular weight is 382 g/mol. The van der Waals surface area contributed by atoms with E-state index in [1.807, 2.05) is 6.07 Å². The van der Waals surface area contributed by atoms with Gasteiger partial charge in [-0.05, 0) is 35.9 Å². The first-order valence-electron chi connectivity index (χ1n) is 6.67. The minimum Gasteiger partial charge on any atom is -0.495 e. The van der Waals surface area contributed by atoms with E-state index in [-0.39, 0.29) is 10.6 Å². The van der Waals surface area contributed by atoms with Gasteiger partial charge in [0.05, 0.1) is 27.9 Å². The van der Waals surface area contributed by atoms with Crippen molar-refractivity contribution < 1.29 is 9.53 Å². The van der Waals surface area contributed by atoms with Crippen LogP contribution in [0.3, 0.4) is 0 Å². The van der Waals surface area contributed by atoms with E-state index < -0.39 is 5.91 Å². The topological polar surface area (TPSA) is 62.1 Å². The van der Waals surface area contributed by atoms with Crippen molar-refractivity contribution in [3.63, 3.8) is 0 Å². The van der Waals surface area contributed by atoms with Crippen LogP contribution in [0.25, 0.3) is 6.08 Å². The molecule has 0 radical (unpaired) electrons. The van der Waals surface area contributed by atoms with E-state index >= 15 is 0 Å². The van der Waals surface area contributed by atoms with Crippen LogP contribution in [0.1, 0.15) is 5.56 Å². The molecule has 0 spiro atoms. The quantitative estimate of drug-likeness (QED) is 0.585. The normalized spacial score (nSPS) is 10.9. The molecule has 0 fully saturated rings. The van der Waals surface area contributed by atoms with Crippen molar-refractivity contribution in [2.75, 3.05) is 12.4 Å². The van der Waals surface area contributed by atoms with Crippen molar-refractivity contribution in [2.24, 2.45) is 0 Å². The minimum atomic E-state index is -0.603. The van der Waals surface area contributed by atoms with Gasteiger partial charge in [-0.1, -0.05) is 46.9 Å². The number of rotatable bonds is 4. The highest BCUT2D eigenvalue weighted by Crippen LogP contribution is 2.30. The first-order chi connectivity index (χ1) is 11.5. The summed E-state index contributed by atoms with van der Waals surface area (Å²) in [6.45, 7) is 0. The number of hydrogen-bond donors (Lipinski definition) is 1. The second-order valence-electron chi connectivity index (χ2n) is 4.62. The molecule has 0 heterocycles. The number of amides is 1. The zero-order valence-electron chi connectivity index (χ0n) is 12.4. The van der Waals surface area contributed by atoms with Gasteiger partial charge in [0.15, 0.2) is 0 Å². The van der Waals surface area contributed by atoms with Gasteiger partial charge in [-0.3, -0.25) is 4.79 Å². The summed E-state index contributed by atoms with van der Waals surface area (Å²) in [5.74, 6) is -0.101. The Kier molecular flexibility index (Phi) is 6.10. The van der Waals surface area contributed by atoms with E-state index in [2.05, 4.69) is 5.32 Å². The first-order valence-corrected chi connectivity index (χ1v) is 7.80. The van der Waals surface area contributed by atoms with Crippen LogP contribution in [0.5, 0.6) is 5.75 Å². The fourth-order valence-electron chi connectivity index (χ4n) is 1.88. The number of nitrogens with one attached hydrogen (secondary N) is 1. The first kappa shape index (κ1) is 18.2. The lowest BCUT2D eigenvalue weighted by molar-refractivity contribution is -0.112. The Morgan fingerprint density at radius 1 is 1.21 bits per heavy atom. The van der Waals surface area contributed by atoms with E-state index in [9.17, 15) is 10.1 Å². The molecule has 2 aromatic carbocycles. The van der Waals surface area contributed by atoms with Gasteiger partial charge in [-0.15, -0.1) is 0 Å². The van der Waals surface area contributed by atoms with Gasteiger partial charge in [0.1, 0.15) is 17.4 Å². The molecule has 0 bridgehead atoms. The summed E-state index contributed by atoms with van der Waals surface area (Å²) in [7, 11) is 1.50. The fourth-order valence-corrected chi connectivity index (χ4v) is 2.49. The molecule has 0 aliphatic carbocycles. The van der Waals surface area contributed by atoms with Crippen LogP contribution < -0.4 is 10.1 Å². The van der Waals surface area contributed by atoms with Gasteiger partial charge in [0, 0.05) is 0 Å². The molecule has 0 unspecified atom stereocenters. The van der Waals surface area contributed by atoms with Gasteiger partial charge in [-0.25, -0.2) is 0 Å². The monoisotopic (exact) mass is 380 g/mol. The summed E-state index contributed by atoms with van der Waals surface area (Å²) in [6.07, 6.45) is 1.42. The maximum Gasteiger partial charge on any atom is 0.266 e. The molecule has 2 rings (SSSR count). The highest BCUT2D eigenvalue weighted by molar-refractivity contribution is 6.44. The van der Waals surface area contributed by atoms with E-state index in [4.69, 9.17) is 39.5 Å². The third-order valence-corrected chi connectivity index (χ3v) is 4.17. The molecule has 7 heteroatoms. The highest BCUT2D eigenvalue weighted by Gasteiger charge is 2.13. The maximum absolute atomic E-state index is 12.3. The Labute approximate surface area is 154 Å². The molecule has 0 aliphatic rings. The molecule has 1 N–H and O–H groups in total. The molecular formula is C17H11Cl3N2O2. The zero-order chi connectivity index (χ0) is 17.7. The number of methoxy groups -OCH3 is 1. The predicted molar refractivity (Wildman–Crippen MR) is 96.7 cm³/mol. The molecule has 0 atom stereocenters. The standard InChI is InChI=1S/C17H11Cl3N2O2/c1-24-15-6-5-10(8-13(15)19)7-11(9-21)17(23)22-14-4-2-3-12(18)16(14)20/h2-8H,1H3,(H,22,23)/b11-7-. The lowest BCUT2D eigenvalue weighted by Gasteiger charge is -2.08.